The van der Waals surface area contributed by atoms with E-state index in [0.29, 0.717) is 5.56 Å². The standard InChI is InChI=1S/C25H37NO9/c1-7-32-25(31)33-17(6)14-26-19(24(29)30)12-18-8-9-20(34-22(27)10-15(2)3)21(13-18)35-23(28)11-16(4)5/h8-9,13,15-17,19,26H,7,10-12,14H2,1-6H3,(H,29,30)/t17?,19-/m0/s1. The van der Waals surface area contributed by atoms with Crippen LogP contribution in [0.5, 0.6) is 11.5 Å². The van der Waals surface area contributed by atoms with Gasteiger partial charge in [0.1, 0.15) is 12.1 Å². The molecule has 0 fully saturated rings. The summed E-state index contributed by atoms with van der Waals surface area (Å²) in [5, 5.41) is 12.5. The Bertz CT molecular complexity index is 866. The minimum atomic E-state index is -1.11. The van der Waals surface area contributed by atoms with Crippen LogP contribution < -0.4 is 14.8 Å². The Hall–Kier alpha value is -3.14. The smallest absolute Gasteiger partial charge is 0.480 e. The van der Waals surface area contributed by atoms with Gasteiger partial charge in [-0.1, -0.05) is 33.8 Å². The molecular weight excluding hydrogens is 458 g/mol. The van der Waals surface area contributed by atoms with Gasteiger partial charge in [0.05, 0.1) is 6.61 Å². The molecule has 196 valence electrons. The van der Waals surface area contributed by atoms with E-state index < -0.39 is 36.2 Å². The molecule has 1 rings (SSSR count). The van der Waals surface area contributed by atoms with Gasteiger partial charge in [-0.05, 0) is 49.8 Å². The first kappa shape index (κ1) is 29.9. The third kappa shape index (κ3) is 12.2. The summed E-state index contributed by atoms with van der Waals surface area (Å²) in [5.41, 5.74) is 0.542. The number of carbonyl (C=O) groups excluding carboxylic acids is 3. The fraction of sp³-hybridized carbons (Fsp3) is 0.600. The second kappa shape index (κ2) is 15.0. The van der Waals surface area contributed by atoms with Crippen molar-refractivity contribution in [3.05, 3.63) is 23.8 Å². The summed E-state index contributed by atoms with van der Waals surface area (Å²) < 4.78 is 20.6. The number of benzene rings is 1. The zero-order valence-corrected chi connectivity index (χ0v) is 21.3. The molecule has 0 saturated heterocycles. The second-order valence-electron chi connectivity index (χ2n) is 9.04. The maximum atomic E-state index is 12.3. The molecular formula is C25H37NO9. The number of esters is 2. The van der Waals surface area contributed by atoms with Gasteiger partial charge < -0.3 is 29.4 Å². The summed E-state index contributed by atoms with van der Waals surface area (Å²) >= 11 is 0. The molecule has 10 nitrogen and oxygen atoms in total. The number of hydrogen-bond acceptors (Lipinski definition) is 9. The van der Waals surface area contributed by atoms with Crippen LogP contribution in [0, 0.1) is 11.8 Å². The number of rotatable bonds is 14. The first-order chi connectivity index (χ1) is 16.4. The number of nitrogens with one attached hydrogen (secondary N) is 1. The highest BCUT2D eigenvalue weighted by atomic mass is 16.7. The van der Waals surface area contributed by atoms with Gasteiger partial charge in [0.25, 0.3) is 0 Å². The molecule has 0 amide bonds. The average Bonchev–Trinajstić information content (AvgIpc) is 2.71. The summed E-state index contributed by atoms with van der Waals surface area (Å²) in [7, 11) is 0. The minimum Gasteiger partial charge on any atom is -0.480 e. The van der Waals surface area contributed by atoms with E-state index in [1.54, 1.807) is 19.9 Å². The van der Waals surface area contributed by atoms with Gasteiger partial charge in [-0.3, -0.25) is 14.4 Å². The number of carbonyl (C=O) groups is 4. The van der Waals surface area contributed by atoms with Crippen molar-refractivity contribution in [2.24, 2.45) is 11.8 Å². The van der Waals surface area contributed by atoms with Gasteiger partial charge in [0.2, 0.25) is 0 Å². The van der Waals surface area contributed by atoms with Crippen LogP contribution in [0.4, 0.5) is 4.79 Å². The SMILES string of the molecule is CCOC(=O)OC(C)CN[C@@H](Cc1ccc(OC(=O)CC(C)C)c(OC(=O)CC(C)C)c1)C(=O)O. The van der Waals surface area contributed by atoms with E-state index >= 15 is 0 Å². The van der Waals surface area contributed by atoms with Gasteiger partial charge in [-0.2, -0.15) is 0 Å². The lowest BCUT2D eigenvalue weighted by Crippen LogP contribution is -2.42. The highest BCUT2D eigenvalue weighted by molar-refractivity contribution is 5.77. The van der Waals surface area contributed by atoms with Crippen LogP contribution in [0.15, 0.2) is 18.2 Å². The molecule has 0 aliphatic heterocycles. The molecule has 0 heterocycles. The van der Waals surface area contributed by atoms with Crippen molar-refractivity contribution in [3.63, 3.8) is 0 Å². The van der Waals surface area contributed by atoms with E-state index in [0.717, 1.165) is 0 Å². The van der Waals surface area contributed by atoms with Gasteiger partial charge in [0.15, 0.2) is 11.5 Å². The number of aliphatic carboxylic acids is 1. The predicted octanol–water partition coefficient (Wildman–Crippen LogP) is 3.74. The fourth-order valence-corrected chi connectivity index (χ4v) is 2.99. The fourth-order valence-electron chi connectivity index (χ4n) is 2.99. The van der Waals surface area contributed by atoms with Crippen LogP contribution in [0.1, 0.15) is 59.9 Å². The molecule has 2 N–H and O–H groups in total. The van der Waals surface area contributed by atoms with Crippen molar-refractivity contribution >= 4 is 24.1 Å². The summed E-state index contributed by atoms with van der Waals surface area (Å²) in [5.74, 6) is -1.77. The molecule has 10 heteroatoms. The average molecular weight is 496 g/mol. The topological polar surface area (TPSA) is 137 Å². The van der Waals surface area contributed by atoms with Crippen LogP contribution in [-0.2, 0) is 30.3 Å². The highest BCUT2D eigenvalue weighted by Crippen LogP contribution is 2.30. The Morgan fingerprint density at radius 1 is 0.914 bits per heavy atom. The Morgan fingerprint density at radius 3 is 2.00 bits per heavy atom. The molecule has 35 heavy (non-hydrogen) atoms. The van der Waals surface area contributed by atoms with E-state index in [9.17, 15) is 24.3 Å². The normalized spacial score (nSPS) is 12.7. The van der Waals surface area contributed by atoms with Crippen LogP contribution in [0.2, 0.25) is 0 Å². The van der Waals surface area contributed by atoms with Crippen molar-refractivity contribution in [2.75, 3.05) is 13.2 Å². The van der Waals surface area contributed by atoms with E-state index in [-0.39, 0.29) is 55.7 Å². The maximum Gasteiger partial charge on any atom is 0.508 e. The third-order valence-electron chi connectivity index (χ3n) is 4.55. The summed E-state index contributed by atoms with van der Waals surface area (Å²) in [6.45, 7) is 11.0. The zero-order chi connectivity index (χ0) is 26.5. The molecule has 0 bridgehead atoms. The van der Waals surface area contributed by atoms with E-state index in [1.165, 1.54) is 12.1 Å². The van der Waals surface area contributed by atoms with Crippen molar-refractivity contribution in [1.82, 2.24) is 5.32 Å². The summed E-state index contributed by atoms with van der Waals surface area (Å²) in [6.07, 6.45) is -1.05. The van der Waals surface area contributed by atoms with E-state index in [1.807, 2.05) is 27.7 Å². The predicted molar refractivity (Wildman–Crippen MR) is 127 cm³/mol. The molecule has 1 aromatic rings. The lowest BCUT2D eigenvalue weighted by Gasteiger charge is -2.19. The Labute approximate surface area is 206 Å². The van der Waals surface area contributed by atoms with Crippen molar-refractivity contribution < 1.29 is 43.2 Å². The number of ether oxygens (including phenoxy) is 4. The molecule has 1 unspecified atom stereocenters. The second-order valence-corrected chi connectivity index (χ2v) is 9.04. The monoisotopic (exact) mass is 495 g/mol. The summed E-state index contributed by atoms with van der Waals surface area (Å²) in [6, 6.07) is 3.56. The zero-order valence-electron chi connectivity index (χ0n) is 21.3. The van der Waals surface area contributed by atoms with Gasteiger partial charge >= 0.3 is 24.1 Å². The molecule has 0 aliphatic rings. The quantitative estimate of drug-likeness (QED) is 0.290. The largest absolute Gasteiger partial charge is 0.508 e. The third-order valence-corrected chi connectivity index (χ3v) is 4.55. The Morgan fingerprint density at radius 2 is 1.49 bits per heavy atom. The van der Waals surface area contributed by atoms with Crippen molar-refractivity contribution in [2.45, 2.75) is 73.0 Å². The van der Waals surface area contributed by atoms with Crippen LogP contribution in [0.25, 0.3) is 0 Å². The maximum absolute atomic E-state index is 12.3. The molecule has 2 atom stereocenters. The lowest BCUT2D eigenvalue weighted by atomic mass is 10.0. The molecule has 0 spiro atoms. The van der Waals surface area contributed by atoms with Crippen LogP contribution >= 0.6 is 0 Å². The van der Waals surface area contributed by atoms with E-state index in [4.69, 9.17) is 18.9 Å². The first-order valence-corrected chi connectivity index (χ1v) is 11.7. The lowest BCUT2D eigenvalue weighted by molar-refractivity contribution is -0.139. The number of carboxylic acid groups (broad SMARTS) is 1. The molecule has 0 radical (unpaired) electrons. The van der Waals surface area contributed by atoms with Crippen LogP contribution in [-0.4, -0.2) is 54.5 Å². The van der Waals surface area contributed by atoms with Crippen molar-refractivity contribution in [1.29, 1.82) is 0 Å². The van der Waals surface area contributed by atoms with E-state index in [2.05, 4.69) is 5.32 Å². The molecule has 0 saturated carbocycles. The number of hydrogen-bond donors (Lipinski definition) is 2. The van der Waals surface area contributed by atoms with Gasteiger partial charge in [-0.15, -0.1) is 0 Å². The molecule has 0 aliphatic carbocycles. The Balaban J connectivity index is 3.00. The molecule has 0 aromatic heterocycles. The number of carboxylic acids is 1. The van der Waals surface area contributed by atoms with Gasteiger partial charge in [0, 0.05) is 19.4 Å². The highest BCUT2D eigenvalue weighted by Gasteiger charge is 2.22. The Kier molecular flexibility index (Phi) is 12.8. The van der Waals surface area contributed by atoms with Crippen LogP contribution in [0.3, 0.4) is 0 Å². The summed E-state index contributed by atoms with van der Waals surface area (Å²) in [4.78, 5) is 47.6. The van der Waals surface area contributed by atoms with Crippen molar-refractivity contribution in [3.8, 4) is 11.5 Å². The minimum absolute atomic E-state index is 0.0381. The first-order valence-electron chi connectivity index (χ1n) is 11.7. The molecule has 1 aromatic carbocycles. The van der Waals surface area contributed by atoms with Gasteiger partial charge in [-0.25, -0.2) is 4.79 Å².